The lowest BCUT2D eigenvalue weighted by molar-refractivity contribution is -0.136. The van der Waals surface area contributed by atoms with Crippen LogP contribution in [0.1, 0.15) is 29.4 Å². The topological polar surface area (TPSA) is 67.2 Å². The average molecular weight is 435 g/mol. The number of rotatable bonds is 6. The summed E-state index contributed by atoms with van der Waals surface area (Å²) in [6.45, 7) is 7.79. The number of amides is 2. The highest BCUT2D eigenvalue weighted by Crippen LogP contribution is 2.20. The van der Waals surface area contributed by atoms with E-state index in [0.717, 1.165) is 32.7 Å². The summed E-state index contributed by atoms with van der Waals surface area (Å²) in [4.78, 5) is 26.5. The third kappa shape index (κ3) is 5.19. The summed E-state index contributed by atoms with van der Waals surface area (Å²) < 4.78 is 2.79. The number of anilines is 1. The molecular formula is C20H27BrN4O2. The summed E-state index contributed by atoms with van der Waals surface area (Å²) >= 11 is 3.40. The average Bonchev–Trinajstić information content (AvgIpc) is 2.82. The predicted molar refractivity (Wildman–Crippen MR) is 111 cm³/mol. The molecule has 7 heteroatoms. The quantitative estimate of drug-likeness (QED) is 0.757. The van der Waals surface area contributed by atoms with Crippen LogP contribution in [0.15, 0.2) is 22.7 Å². The Hall–Kier alpha value is -2.15. The number of halogens is 1. The van der Waals surface area contributed by atoms with Crippen LogP contribution in [0.25, 0.3) is 0 Å². The van der Waals surface area contributed by atoms with Gasteiger partial charge in [-0.1, -0.05) is 22.9 Å². The molecule has 1 N–H and O–H groups in total. The van der Waals surface area contributed by atoms with E-state index >= 15 is 0 Å². The molecule has 0 aliphatic carbocycles. The Morgan fingerprint density at radius 2 is 1.96 bits per heavy atom. The molecule has 2 amide bonds. The third-order valence-corrected chi connectivity index (χ3v) is 5.30. The van der Waals surface area contributed by atoms with E-state index in [1.54, 1.807) is 7.05 Å². The van der Waals surface area contributed by atoms with Crippen molar-refractivity contribution >= 4 is 33.4 Å². The molecule has 0 saturated heterocycles. The van der Waals surface area contributed by atoms with E-state index < -0.39 is 0 Å². The van der Waals surface area contributed by atoms with E-state index in [9.17, 15) is 9.59 Å². The van der Waals surface area contributed by atoms with E-state index in [2.05, 4.69) is 26.3 Å². The van der Waals surface area contributed by atoms with Crippen LogP contribution in [0, 0.1) is 26.7 Å². The lowest BCUT2D eigenvalue weighted by Gasteiger charge is -2.21. The number of nitrogens with zero attached hydrogens (tertiary/aromatic N) is 3. The second-order valence-electron chi connectivity index (χ2n) is 7.08. The predicted octanol–water partition coefficient (Wildman–Crippen LogP) is 3.38. The zero-order valence-corrected chi connectivity index (χ0v) is 18.3. The van der Waals surface area contributed by atoms with E-state index in [-0.39, 0.29) is 24.3 Å². The molecule has 27 heavy (non-hydrogen) atoms. The zero-order valence-electron chi connectivity index (χ0n) is 16.8. The summed E-state index contributed by atoms with van der Waals surface area (Å²) in [7, 11) is 3.56. The van der Waals surface area contributed by atoms with Gasteiger partial charge in [-0.25, -0.2) is 0 Å². The van der Waals surface area contributed by atoms with Crippen LogP contribution < -0.4 is 5.32 Å². The summed E-state index contributed by atoms with van der Waals surface area (Å²) in [5, 5.41) is 7.27. The molecule has 2 rings (SSSR count). The second kappa shape index (κ2) is 8.69. The molecule has 0 aliphatic heterocycles. The first-order chi connectivity index (χ1) is 12.6. The minimum Gasteiger partial charge on any atom is -0.336 e. The van der Waals surface area contributed by atoms with Crippen molar-refractivity contribution in [3.05, 3.63) is 45.2 Å². The summed E-state index contributed by atoms with van der Waals surface area (Å²) in [5.41, 5.74) is 4.82. The molecular weight excluding hydrogens is 408 g/mol. The van der Waals surface area contributed by atoms with Crippen molar-refractivity contribution in [1.29, 1.82) is 0 Å². The molecule has 0 unspecified atom stereocenters. The van der Waals surface area contributed by atoms with Crippen molar-refractivity contribution in [2.24, 2.45) is 13.0 Å². The number of hydrogen-bond donors (Lipinski definition) is 1. The van der Waals surface area contributed by atoms with Gasteiger partial charge in [0.1, 0.15) is 0 Å². The first-order valence-electron chi connectivity index (χ1n) is 8.90. The number of carbonyl (C=O) groups is 2. The molecule has 1 aromatic heterocycles. The van der Waals surface area contributed by atoms with Gasteiger partial charge >= 0.3 is 0 Å². The Bertz CT molecular complexity index is 860. The van der Waals surface area contributed by atoms with Crippen molar-refractivity contribution in [2.75, 3.05) is 18.9 Å². The van der Waals surface area contributed by atoms with Gasteiger partial charge in [0.05, 0.1) is 12.2 Å². The van der Waals surface area contributed by atoms with E-state index in [1.165, 1.54) is 4.90 Å². The lowest BCUT2D eigenvalue weighted by atomic mass is 9.98. The van der Waals surface area contributed by atoms with Gasteiger partial charge < -0.3 is 10.2 Å². The van der Waals surface area contributed by atoms with Crippen molar-refractivity contribution in [2.45, 2.75) is 34.1 Å². The van der Waals surface area contributed by atoms with Gasteiger partial charge in [-0.2, -0.15) is 5.10 Å². The second-order valence-corrected chi connectivity index (χ2v) is 8.00. The highest BCUT2D eigenvalue weighted by atomic mass is 79.9. The monoisotopic (exact) mass is 434 g/mol. The van der Waals surface area contributed by atoms with Gasteiger partial charge in [0, 0.05) is 35.9 Å². The summed E-state index contributed by atoms with van der Waals surface area (Å²) in [6.07, 6.45) is 0.613. The molecule has 0 fully saturated rings. The largest absolute Gasteiger partial charge is 0.336 e. The minimum atomic E-state index is -0.223. The minimum absolute atomic E-state index is 0.0175. The Morgan fingerprint density at radius 3 is 2.52 bits per heavy atom. The van der Waals surface area contributed by atoms with Gasteiger partial charge in [-0.15, -0.1) is 0 Å². The fraction of sp³-hybridized carbons (Fsp3) is 0.450. The van der Waals surface area contributed by atoms with Crippen LogP contribution in [-0.2, 0) is 23.1 Å². The first-order valence-corrected chi connectivity index (χ1v) is 9.69. The van der Waals surface area contributed by atoms with Crippen LogP contribution in [0.5, 0.6) is 0 Å². The fourth-order valence-corrected chi connectivity index (χ4v) is 3.61. The van der Waals surface area contributed by atoms with Crippen molar-refractivity contribution in [1.82, 2.24) is 14.7 Å². The maximum atomic E-state index is 12.7. The van der Waals surface area contributed by atoms with Crippen LogP contribution in [0.4, 0.5) is 5.69 Å². The Morgan fingerprint density at radius 1 is 1.30 bits per heavy atom. The molecule has 1 heterocycles. The fourth-order valence-electron chi connectivity index (χ4n) is 3.13. The Balaban J connectivity index is 1.96. The molecule has 6 nitrogen and oxygen atoms in total. The highest BCUT2D eigenvalue weighted by molar-refractivity contribution is 9.10. The molecule has 0 aliphatic rings. The molecule has 2 aromatic rings. The molecule has 0 spiro atoms. The Labute approximate surface area is 169 Å². The lowest BCUT2D eigenvalue weighted by Crippen LogP contribution is -2.38. The van der Waals surface area contributed by atoms with Crippen LogP contribution in [-0.4, -0.2) is 40.1 Å². The molecule has 1 atom stereocenters. The highest BCUT2D eigenvalue weighted by Gasteiger charge is 2.22. The van der Waals surface area contributed by atoms with E-state index in [1.807, 2.05) is 57.6 Å². The van der Waals surface area contributed by atoms with Crippen LogP contribution in [0.2, 0.25) is 0 Å². The van der Waals surface area contributed by atoms with E-state index in [0.29, 0.717) is 6.42 Å². The number of carbonyl (C=O) groups excluding carboxylic acids is 2. The number of aromatic nitrogens is 2. The van der Waals surface area contributed by atoms with Gasteiger partial charge in [0.2, 0.25) is 11.8 Å². The molecule has 1 aromatic carbocycles. The van der Waals surface area contributed by atoms with Crippen molar-refractivity contribution < 1.29 is 9.59 Å². The summed E-state index contributed by atoms with van der Waals surface area (Å²) in [5.74, 6) is -0.489. The van der Waals surface area contributed by atoms with Crippen molar-refractivity contribution in [3.63, 3.8) is 0 Å². The first kappa shape index (κ1) is 21.2. The number of hydrogen-bond acceptors (Lipinski definition) is 3. The van der Waals surface area contributed by atoms with Crippen LogP contribution in [0.3, 0.4) is 0 Å². The van der Waals surface area contributed by atoms with Crippen LogP contribution >= 0.6 is 15.9 Å². The number of nitrogens with one attached hydrogen (secondary N) is 1. The number of aryl methyl sites for hydroxylation is 3. The molecule has 0 bridgehead atoms. The maximum Gasteiger partial charge on any atom is 0.243 e. The van der Waals surface area contributed by atoms with Gasteiger partial charge in [0.15, 0.2) is 0 Å². The van der Waals surface area contributed by atoms with E-state index in [4.69, 9.17) is 0 Å². The normalized spacial score (nSPS) is 12.0. The smallest absolute Gasteiger partial charge is 0.243 e. The van der Waals surface area contributed by atoms with Crippen molar-refractivity contribution in [3.8, 4) is 0 Å². The third-order valence-electron chi connectivity index (χ3n) is 4.81. The number of likely N-dealkylation sites (N-methyl/N-ethyl adjacent to an activating group) is 1. The SMILES string of the molecule is Cc1cc(Br)ccc1NC(=O)CN(C)C(=O)[C@@H](C)Cc1c(C)nn(C)c1C. The molecule has 0 saturated carbocycles. The van der Waals surface area contributed by atoms with Gasteiger partial charge in [-0.3, -0.25) is 14.3 Å². The number of benzene rings is 1. The standard InChI is InChI=1S/C20H27BrN4O2/c1-12-9-16(21)7-8-18(12)22-19(26)11-24(5)20(27)13(2)10-17-14(3)23-25(6)15(17)4/h7-9,13H,10-11H2,1-6H3,(H,22,26)/t13-/m0/s1. The Kier molecular flexibility index (Phi) is 6.81. The summed E-state index contributed by atoms with van der Waals surface area (Å²) in [6, 6.07) is 5.65. The van der Waals surface area contributed by atoms with Gasteiger partial charge in [-0.05, 0) is 56.5 Å². The molecule has 0 radical (unpaired) electrons. The maximum absolute atomic E-state index is 12.7. The van der Waals surface area contributed by atoms with Gasteiger partial charge in [0.25, 0.3) is 0 Å². The zero-order chi connectivity index (χ0) is 20.3. The molecule has 146 valence electrons.